The molecule has 2 heterocycles. The second-order valence-electron chi connectivity index (χ2n) is 12.2. The highest BCUT2D eigenvalue weighted by molar-refractivity contribution is 7.90. The maximum absolute atomic E-state index is 13.4. The van der Waals surface area contributed by atoms with E-state index in [1.165, 1.54) is 36.3 Å². The van der Waals surface area contributed by atoms with E-state index in [9.17, 15) is 28.2 Å². The number of sulfonamides is 1. The highest BCUT2D eigenvalue weighted by Gasteiger charge is 2.44. The Bertz CT molecular complexity index is 1580. The maximum atomic E-state index is 13.4. The molecule has 0 saturated heterocycles. The summed E-state index contributed by atoms with van der Waals surface area (Å²) in [6.45, 7) is 2.73. The Hall–Kier alpha value is -3.28. The second kappa shape index (κ2) is 11.3. The Balaban J connectivity index is 1.43. The van der Waals surface area contributed by atoms with Crippen LogP contribution in [-0.2, 0) is 26.7 Å². The highest BCUT2D eigenvalue weighted by Crippen LogP contribution is 2.47. The van der Waals surface area contributed by atoms with E-state index in [0.29, 0.717) is 36.2 Å². The monoisotopic (exact) mass is 629 g/mol. The predicted molar refractivity (Wildman–Crippen MR) is 161 cm³/mol. The number of aliphatic hydroxyl groups is 1. The number of carboxylic acid groups (broad SMARTS) is 1. The Kier molecular flexibility index (Phi) is 7.85. The van der Waals surface area contributed by atoms with Gasteiger partial charge in [0.1, 0.15) is 11.8 Å². The molecule has 230 valence electrons. The molecule has 43 heavy (non-hydrogen) atoms. The summed E-state index contributed by atoms with van der Waals surface area (Å²) in [4.78, 5) is 27.8. The molecular weight excluding hydrogens is 594 g/mol. The number of amides is 2. The number of aryl methyl sites for hydroxylation is 1. The minimum atomic E-state index is -4.33. The predicted octanol–water partition coefficient (Wildman–Crippen LogP) is 3.94. The van der Waals surface area contributed by atoms with Crippen molar-refractivity contribution in [3.63, 3.8) is 0 Å². The van der Waals surface area contributed by atoms with Crippen LogP contribution in [0.15, 0.2) is 53.4 Å². The molecule has 2 aromatic carbocycles. The van der Waals surface area contributed by atoms with E-state index in [4.69, 9.17) is 16.3 Å². The number of hydrogen-bond donors (Lipinski definition) is 3. The number of hydrogen-bond acceptors (Lipinski definition) is 7. The lowest BCUT2D eigenvalue weighted by Crippen LogP contribution is -2.50. The van der Waals surface area contributed by atoms with Gasteiger partial charge in [0.15, 0.2) is 0 Å². The molecule has 12 heteroatoms. The molecule has 0 radical (unpaired) electrons. The van der Waals surface area contributed by atoms with Crippen molar-refractivity contribution >= 4 is 39.3 Å². The van der Waals surface area contributed by atoms with Gasteiger partial charge in [-0.3, -0.25) is 9.69 Å². The standard InChI is InChI=1S/C31H36ClN3O7S/c1-19-29(37)33-43(40,41)23-8-11-28-26(15-23)34(16-21-6-9-24(21)27(36)5-3-13-35(19)30(38)39)17-31(18-42-28)12-2-4-20-14-22(32)7-10-25(20)31/h3,5,7-8,10-11,14-15,19,21,24,27,36H,2,4,6,9,12-13,16-18H2,1H3,(H,33,37)(H,38,39)/b5-3+/t19-,21-,24+,27-,31-/m0/s1. The summed E-state index contributed by atoms with van der Waals surface area (Å²) in [5.74, 6) is -0.345. The first-order chi connectivity index (χ1) is 20.5. The Morgan fingerprint density at radius 1 is 1.19 bits per heavy atom. The number of nitrogens with one attached hydrogen (secondary N) is 1. The van der Waals surface area contributed by atoms with E-state index in [2.05, 4.69) is 15.7 Å². The number of benzene rings is 2. The first-order valence-corrected chi connectivity index (χ1v) is 16.6. The third-order valence-corrected chi connectivity index (χ3v) is 11.2. The molecule has 6 rings (SSSR count). The zero-order chi connectivity index (χ0) is 30.5. The zero-order valence-electron chi connectivity index (χ0n) is 23.9. The Labute approximate surface area is 256 Å². The number of anilines is 1. The summed E-state index contributed by atoms with van der Waals surface area (Å²) >= 11 is 6.36. The topological polar surface area (TPSA) is 136 Å². The van der Waals surface area contributed by atoms with E-state index in [0.717, 1.165) is 37.0 Å². The minimum absolute atomic E-state index is 0.0453. The van der Waals surface area contributed by atoms with Gasteiger partial charge in [0.2, 0.25) is 0 Å². The van der Waals surface area contributed by atoms with Crippen molar-refractivity contribution in [2.75, 3.05) is 31.1 Å². The summed E-state index contributed by atoms with van der Waals surface area (Å²) < 4.78 is 35.4. The third kappa shape index (κ3) is 5.58. The van der Waals surface area contributed by atoms with Gasteiger partial charge >= 0.3 is 6.09 Å². The van der Waals surface area contributed by atoms with Crippen molar-refractivity contribution in [2.45, 2.75) is 61.5 Å². The number of nitrogens with zero attached hydrogens (tertiary/aromatic N) is 2. The van der Waals surface area contributed by atoms with Crippen molar-refractivity contribution < 1.29 is 33.0 Å². The van der Waals surface area contributed by atoms with E-state index in [-0.39, 0.29) is 28.7 Å². The second-order valence-corrected chi connectivity index (χ2v) is 14.4. The molecule has 0 unspecified atom stereocenters. The average Bonchev–Trinajstić information content (AvgIpc) is 3.09. The van der Waals surface area contributed by atoms with E-state index in [1.54, 1.807) is 12.1 Å². The molecule has 3 N–H and O–H groups in total. The van der Waals surface area contributed by atoms with Crippen molar-refractivity contribution in [2.24, 2.45) is 11.8 Å². The molecule has 1 saturated carbocycles. The lowest BCUT2D eigenvalue weighted by atomic mass is 9.68. The number of aliphatic hydroxyl groups excluding tert-OH is 1. The normalized spacial score (nSPS) is 31.0. The van der Waals surface area contributed by atoms with Crippen molar-refractivity contribution in [3.8, 4) is 5.75 Å². The summed E-state index contributed by atoms with van der Waals surface area (Å²) in [5, 5.41) is 21.5. The Morgan fingerprint density at radius 2 is 2.00 bits per heavy atom. The maximum Gasteiger partial charge on any atom is 0.408 e. The van der Waals surface area contributed by atoms with Crippen LogP contribution in [0.1, 0.15) is 43.7 Å². The first-order valence-electron chi connectivity index (χ1n) is 14.7. The Morgan fingerprint density at radius 3 is 2.74 bits per heavy atom. The lowest BCUT2D eigenvalue weighted by molar-refractivity contribution is -0.123. The number of ether oxygens (including phenoxy) is 1. The summed E-state index contributed by atoms with van der Waals surface area (Å²) in [5.41, 5.74) is 2.64. The van der Waals surface area contributed by atoms with Crippen LogP contribution in [0.5, 0.6) is 5.75 Å². The quantitative estimate of drug-likeness (QED) is 0.373. The van der Waals surface area contributed by atoms with Gasteiger partial charge in [-0.15, -0.1) is 0 Å². The molecule has 4 aliphatic rings. The fourth-order valence-electron chi connectivity index (χ4n) is 7.09. The largest absolute Gasteiger partial charge is 0.490 e. The van der Waals surface area contributed by atoms with Crippen LogP contribution in [-0.4, -0.2) is 73.9 Å². The van der Waals surface area contributed by atoms with Gasteiger partial charge in [-0.1, -0.05) is 29.8 Å². The zero-order valence-corrected chi connectivity index (χ0v) is 25.5. The van der Waals surface area contributed by atoms with Crippen molar-refractivity contribution in [1.82, 2.24) is 9.62 Å². The highest BCUT2D eigenvalue weighted by atomic mass is 35.5. The van der Waals surface area contributed by atoms with Crippen LogP contribution in [0, 0.1) is 11.8 Å². The fourth-order valence-corrected chi connectivity index (χ4v) is 8.35. The molecule has 2 aliphatic carbocycles. The van der Waals surface area contributed by atoms with Crippen LogP contribution in [0.3, 0.4) is 0 Å². The van der Waals surface area contributed by atoms with E-state index >= 15 is 0 Å². The number of carbonyl (C=O) groups excluding carboxylic acids is 1. The number of halogens is 1. The van der Waals surface area contributed by atoms with Gasteiger partial charge in [0.05, 0.1) is 23.3 Å². The number of carbonyl (C=O) groups is 2. The average molecular weight is 630 g/mol. The first kappa shape index (κ1) is 29.8. The molecule has 2 amide bonds. The molecule has 1 fully saturated rings. The molecule has 2 bridgehead atoms. The molecular formula is C31H36ClN3O7S. The van der Waals surface area contributed by atoms with E-state index < -0.39 is 34.2 Å². The van der Waals surface area contributed by atoms with Crippen LogP contribution >= 0.6 is 11.6 Å². The van der Waals surface area contributed by atoms with Crippen LogP contribution in [0.4, 0.5) is 10.5 Å². The SMILES string of the molecule is C[C@H]1C(=O)NS(=O)(=O)c2ccc3c(c2)N(C[C@@H]2CC[C@H]2[C@@H](O)/C=C/CN1C(=O)O)C[C@@]1(CCCc2cc(Cl)ccc21)CO3. The van der Waals surface area contributed by atoms with Gasteiger partial charge < -0.3 is 19.8 Å². The van der Waals surface area contributed by atoms with E-state index in [1.807, 2.05) is 12.1 Å². The molecule has 1 spiro atoms. The minimum Gasteiger partial charge on any atom is -0.490 e. The summed E-state index contributed by atoms with van der Waals surface area (Å²) in [7, 11) is -4.33. The molecule has 0 aromatic heterocycles. The molecule has 10 nitrogen and oxygen atoms in total. The fraction of sp³-hybridized carbons (Fsp3) is 0.484. The molecule has 2 aromatic rings. The smallest absolute Gasteiger partial charge is 0.408 e. The number of rotatable bonds is 0. The van der Waals surface area contributed by atoms with Crippen LogP contribution in [0.25, 0.3) is 0 Å². The van der Waals surface area contributed by atoms with Crippen LogP contribution in [0.2, 0.25) is 5.02 Å². The van der Waals surface area contributed by atoms with Crippen LogP contribution < -0.4 is 14.4 Å². The lowest BCUT2D eigenvalue weighted by Gasteiger charge is -2.45. The third-order valence-electron chi connectivity index (χ3n) is 9.65. The van der Waals surface area contributed by atoms with Gasteiger partial charge in [-0.25, -0.2) is 17.9 Å². The van der Waals surface area contributed by atoms with Crippen molar-refractivity contribution in [3.05, 3.63) is 64.7 Å². The summed E-state index contributed by atoms with van der Waals surface area (Å²) in [6.07, 6.45) is 5.44. The number of fused-ring (bicyclic) bond motifs is 4. The molecule has 5 atom stereocenters. The van der Waals surface area contributed by atoms with Gasteiger partial charge in [-0.05, 0) is 92.3 Å². The summed E-state index contributed by atoms with van der Waals surface area (Å²) in [6, 6.07) is 9.28. The molecule has 2 aliphatic heterocycles. The van der Waals surface area contributed by atoms with Gasteiger partial charge in [-0.2, -0.15) is 0 Å². The van der Waals surface area contributed by atoms with Gasteiger partial charge in [0, 0.05) is 30.1 Å². The van der Waals surface area contributed by atoms with Gasteiger partial charge in [0.25, 0.3) is 15.9 Å². The van der Waals surface area contributed by atoms with Crippen molar-refractivity contribution in [1.29, 1.82) is 0 Å².